The fourth-order valence-corrected chi connectivity index (χ4v) is 7.26. The van der Waals surface area contributed by atoms with Gasteiger partial charge in [-0.15, -0.1) is 0 Å². The van der Waals surface area contributed by atoms with Crippen LogP contribution in [0.4, 0.5) is 5.82 Å². The first-order valence-corrected chi connectivity index (χ1v) is 18.7. The second-order valence-corrected chi connectivity index (χ2v) is 18.2. The van der Waals surface area contributed by atoms with Crippen LogP contribution < -0.4 is 10.5 Å². The number of nitrogens with two attached hydrogens (primary N) is 1. The van der Waals surface area contributed by atoms with Crippen LogP contribution in [0.5, 0.6) is 5.75 Å². The molecule has 5 aromatic rings. The summed E-state index contributed by atoms with van der Waals surface area (Å²) in [6.07, 6.45) is -0.282. The van der Waals surface area contributed by atoms with Crippen LogP contribution in [0.2, 0.25) is 18.1 Å². The third kappa shape index (κ3) is 6.05. The number of benzene rings is 3. The van der Waals surface area contributed by atoms with Crippen LogP contribution in [0.25, 0.3) is 11.2 Å². The zero-order chi connectivity index (χ0) is 33.4. The number of aliphatic hydroxyl groups is 1. The van der Waals surface area contributed by atoms with Gasteiger partial charge in [-0.1, -0.05) is 93.6 Å². The molecule has 0 aliphatic carbocycles. The summed E-state index contributed by atoms with van der Waals surface area (Å²) in [6, 6.07) is 28.2. The molecule has 0 spiro atoms. The monoisotopic (exact) mass is 653 g/mol. The van der Waals surface area contributed by atoms with Gasteiger partial charge in [0.25, 0.3) is 0 Å². The Morgan fingerprint density at radius 3 is 2.04 bits per heavy atom. The summed E-state index contributed by atoms with van der Waals surface area (Å²) in [4.78, 5) is 12.9. The van der Waals surface area contributed by atoms with E-state index in [9.17, 15) is 5.11 Å². The maximum atomic E-state index is 12.0. The van der Waals surface area contributed by atoms with Crippen molar-refractivity contribution in [2.75, 3.05) is 19.5 Å². The number of anilines is 1. The standard InChI is InChI=1S/C36H43N5O5Si/c1-35(2,3)47(5,6)46-31-28(45-34(30(31)42)41-23-40-29-32(37)38-22-39-33(29)41)21-44-36(24-13-9-7-10-14-24,25-15-11-8-12-16-25)26-17-19-27(43-4)20-18-26/h7-20,22-23,28,30-31,34,42H,21H2,1-6H3,(H2,37,38,39)/t28-,30-,31-,34-/m1/s1. The molecule has 0 bridgehead atoms. The van der Waals surface area contributed by atoms with Gasteiger partial charge < -0.3 is 29.5 Å². The number of aromatic nitrogens is 4. The van der Waals surface area contributed by atoms with Crippen LogP contribution in [-0.2, 0) is 19.5 Å². The van der Waals surface area contributed by atoms with Crippen molar-refractivity contribution in [3.63, 3.8) is 0 Å². The van der Waals surface area contributed by atoms with E-state index in [2.05, 4.69) is 73.1 Å². The van der Waals surface area contributed by atoms with Crippen LogP contribution >= 0.6 is 0 Å². The molecular formula is C36H43N5O5Si. The zero-order valence-electron chi connectivity index (χ0n) is 27.7. The summed E-state index contributed by atoms with van der Waals surface area (Å²) in [5.74, 6) is 0.999. The van der Waals surface area contributed by atoms with Gasteiger partial charge in [-0.2, -0.15) is 0 Å². The first kappa shape index (κ1) is 32.8. The normalized spacial score (nSPS) is 20.5. The third-order valence-electron chi connectivity index (χ3n) is 9.53. The van der Waals surface area contributed by atoms with E-state index < -0.39 is 38.5 Å². The van der Waals surface area contributed by atoms with Crippen molar-refractivity contribution < 1.29 is 23.7 Å². The SMILES string of the molecule is COc1ccc(C(OC[C@H]2O[C@@H](n3cnc4c(N)ncnc43)[C@H](O)[C@@H]2O[Si](C)(C)C(C)(C)C)(c2ccccc2)c2ccccc2)cc1. The lowest BCUT2D eigenvalue weighted by atomic mass is 9.80. The first-order valence-electron chi connectivity index (χ1n) is 15.8. The van der Waals surface area contributed by atoms with Crippen LogP contribution in [0.3, 0.4) is 0 Å². The maximum absolute atomic E-state index is 12.0. The van der Waals surface area contributed by atoms with Crippen molar-refractivity contribution in [3.8, 4) is 5.75 Å². The second kappa shape index (κ2) is 12.8. The molecule has 0 saturated carbocycles. The fourth-order valence-electron chi connectivity index (χ4n) is 5.93. The van der Waals surface area contributed by atoms with Crippen molar-refractivity contribution in [2.24, 2.45) is 0 Å². The second-order valence-electron chi connectivity index (χ2n) is 13.4. The van der Waals surface area contributed by atoms with Gasteiger partial charge >= 0.3 is 0 Å². The van der Waals surface area contributed by atoms with E-state index in [1.54, 1.807) is 18.0 Å². The number of hydrogen-bond donors (Lipinski definition) is 2. The summed E-state index contributed by atoms with van der Waals surface area (Å²) in [5, 5.41) is 11.9. The molecule has 246 valence electrons. The molecule has 4 atom stereocenters. The van der Waals surface area contributed by atoms with Crippen molar-refractivity contribution in [2.45, 2.75) is 69.0 Å². The van der Waals surface area contributed by atoms with Gasteiger partial charge in [0.05, 0.1) is 20.0 Å². The van der Waals surface area contributed by atoms with E-state index in [1.165, 1.54) is 6.33 Å². The number of nitrogens with zero attached hydrogens (tertiary/aromatic N) is 4. The highest BCUT2D eigenvalue weighted by Gasteiger charge is 2.52. The minimum absolute atomic E-state index is 0.104. The Hall–Kier alpha value is -4.13. The smallest absolute Gasteiger partial charge is 0.192 e. The lowest BCUT2D eigenvalue weighted by molar-refractivity contribution is -0.0930. The fraction of sp³-hybridized carbons (Fsp3) is 0.361. The van der Waals surface area contributed by atoms with Gasteiger partial charge in [0, 0.05) is 0 Å². The predicted octanol–water partition coefficient (Wildman–Crippen LogP) is 6.07. The molecule has 47 heavy (non-hydrogen) atoms. The Labute approximate surface area is 276 Å². The number of nitrogen functional groups attached to an aromatic ring is 1. The molecule has 3 aromatic carbocycles. The van der Waals surface area contributed by atoms with E-state index in [0.29, 0.717) is 11.2 Å². The number of hydrogen-bond acceptors (Lipinski definition) is 9. The Morgan fingerprint density at radius 1 is 0.872 bits per heavy atom. The summed E-state index contributed by atoms with van der Waals surface area (Å²) >= 11 is 0. The van der Waals surface area contributed by atoms with Crippen molar-refractivity contribution in [1.82, 2.24) is 19.5 Å². The van der Waals surface area contributed by atoms with Gasteiger partial charge in [-0.05, 0) is 47.0 Å². The van der Waals surface area contributed by atoms with Crippen LogP contribution in [-0.4, -0.2) is 65.0 Å². The Bertz CT molecular complexity index is 1750. The average molecular weight is 654 g/mol. The lowest BCUT2D eigenvalue weighted by Crippen LogP contribution is -2.50. The number of imidazole rings is 1. The number of rotatable bonds is 10. The highest BCUT2D eigenvalue weighted by molar-refractivity contribution is 6.74. The summed E-state index contributed by atoms with van der Waals surface area (Å²) < 4.78 is 28.0. The molecule has 1 aliphatic heterocycles. The van der Waals surface area contributed by atoms with E-state index in [0.717, 1.165) is 22.4 Å². The summed E-state index contributed by atoms with van der Waals surface area (Å²) in [7, 11) is -0.736. The molecule has 2 aromatic heterocycles. The van der Waals surface area contributed by atoms with E-state index in [1.807, 2.05) is 60.7 Å². The molecule has 10 nitrogen and oxygen atoms in total. The molecule has 6 rings (SSSR count). The largest absolute Gasteiger partial charge is 0.497 e. The average Bonchev–Trinajstić information content (AvgIpc) is 3.63. The third-order valence-corrected chi connectivity index (χ3v) is 14.0. The number of methoxy groups -OCH3 is 1. The molecule has 3 heterocycles. The first-order chi connectivity index (χ1) is 22.5. The highest BCUT2D eigenvalue weighted by atomic mass is 28.4. The molecule has 3 N–H and O–H groups in total. The number of aliphatic hydroxyl groups excluding tert-OH is 1. The topological polar surface area (TPSA) is 127 Å². The molecule has 1 saturated heterocycles. The van der Waals surface area contributed by atoms with Crippen molar-refractivity contribution >= 4 is 25.3 Å². The zero-order valence-corrected chi connectivity index (χ0v) is 28.7. The quantitative estimate of drug-likeness (QED) is 0.136. The van der Waals surface area contributed by atoms with Crippen LogP contribution in [0.1, 0.15) is 43.7 Å². The molecule has 0 amide bonds. The van der Waals surface area contributed by atoms with Crippen LogP contribution in [0.15, 0.2) is 97.6 Å². The van der Waals surface area contributed by atoms with Gasteiger partial charge in [0.1, 0.15) is 41.5 Å². The Morgan fingerprint density at radius 2 is 1.47 bits per heavy atom. The molecule has 1 fully saturated rings. The van der Waals surface area contributed by atoms with E-state index in [4.69, 9.17) is 24.4 Å². The lowest BCUT2D eigenvalue weighted by Gasteiger charge is -2.41. The van der Waals surface area contributed by atoms with Crippen LogP contribution in [0, 0.1) is 0 Å². The minimum Gasteiger partial charge on any atom is -0.497 e. The molecule has 0 radical (unpaired) electrons. The molecule has 1 aliphatic rings. The maximum Gasteiger partial charge on any atom is 0.192 e. The van der Waals surface area contributed by atoms with Gasteiger partial charge in [0.2, 0.25) is 0 Å². The minimum atomic E-state index is -2.39. The van der Waals surface area contributed by atoms with Gasteiger partial charge in [0.15, 0.2) is 26.0 Å². The van der Waals surface area contributed by atoms with Crippen molar-refractivity contribution in [3.05, 3.63) is 114 Å². The highest BCUT2D eigenvalue weighted by Crippen LogP contribution is 2.45. The van der Waals surface area contributed by atoms with Gasteiger partial charge in [-0.3, -0.25) is 4.57 Å². The summed E-state index contributed by atoms with van der Waals surface area (Å²) in [6.45, 7) is 11.0. The number of fused-ring (bicyclic) bond motifs is 1. The predicted molar refractivity (Wildman–Crippen MR) is 183 cm³/mol. The van der Waals surface area contributed by atoms with Crippen molar-refractivity contribution in [1.29, 1.82) is 0 Å². The van der Waals surface area contributed by atoms with E-state index >= 15 is 0 Å². The summed E-state index contributed by atoms with van der Waals surface area (Å²) in [5.41, 5.74) is 8.79. The number of ether oxygens (including phenoxy) is 3. The van der Waals surface area contributed by atoms with E-state index in [-0.39, 0.29) is 17.5 Å². The van der Waals surface area contributed by atoms with Gasteiger partial charge in [-0.25, -0.2) is 15.0 Å². The Kier molecular flexibility index (Phi) is 8.94. The molecule has 0 unspecified atom stereocenters. The molecular weight excluding hydrogens is 611 g/mol. The Balaban J connectivity index is 1.44. The molecule has 11 heteroatoms.